The van der Waals surface area contributed by atoms with Crippen molar-refractivity contribution in [2.24, 2.45) is 4.99 Å². The molecule has 2 aliphatic heterocycles. The zero-order valence-electron chi connectivity index (χ0n) is 24.4. The number of rotatable bonds is 6. The summed E-state index contributed by atoms with van der Waals surface area (Å²) in [6, 6.07) is 23.5. The normalized spacial score (nSPS) is 16.6. The molecule has 7 rings (SSSR count). The maximum atomic E-state index is 13.7. The number of aromatic nitrogens is 1. The van der Waals surface area contributed by atoms with E-state index < -0.39 is 17.6 Å². The van der Waals surface area contributed by atoms with Crippen LogP contribution in [-0.2, 0) is 11.0 Å². The predicted octanol–water partition coefficient (Wildman–Crippen LogP) is 7.91. The van der Waals surface area contributed by atoms with E-state index in [2.05, 4.69) is 25.9 Å². The molecule has 1 unspecified atom stereocenters. The number of carbonyl (C=O) groups is 2. The summed E-state index contributed by atoms with van der Waals surface area (Å²) in [6.45, 7) is 2.28. The van der Waals surface area contributed by atoms with Gasteiger partial charge in [-0.05, 0) is 67.6 Å². The summed E-state index contributed by atoms with van der Waals surface area (Å²) in [5.41, 5.74) is 4.80. The Morgan fingerprint density at radius 2 is 1.78 bits per heavy atom. The fraction of sp³-hybridized carbons (Fsp3) is 0.114. The number of benzene rings is 4. The Morgan fingerprint density at radius 1 is 0.978 bits per heavy atom. The Bertz CT molecular complexity index is 2080. The van der Waals surface area contributed by atoms with Gasteiger partial charge in [-0.3, -0.25) is 14.6 Å². The van der Waals surface area contributed by atoms with Crippen LogP contribution in [0.25, 0.3) is 22.6 Å². The molecule has 2 amide bonds. The van der Waals surface area contributed by atoms with E-state index in [-0.39, 0.29) is 23.2 Å². The highest BCUT2D eigenvalue weighted by atomic mass is 19.4. The second-order valence-corrected chi connectivity index (χ2v) is 11.3. The first kappa shape index (κ1) is 28.9. The fourth-order valence-corrected chi connectivity index (χ4v) is 5.65. The van der Waals surface area contributed by atoms with E-state index in [1.807, 2.05) is 61.7 Å². The molecule has 2 aliphatic rings. The molecular weight excluding hydrogens is 593 g/mol. The van der Waals surface area contributed by atoms with Gasteiger partial charge in [0.25, 0.3) is 11.8 Å². The minimum Gasteiger partial charge on any atom is -0.361 e. The molecule has 0 bridgehead atoms. The molecule has 0 fully saturated rings. The number of halogens is 3. The Morgan fingerprint density at radius 3 is 2.59 bits per heavy atom. The van der Waals surface area contributed by atoms with Crippen LogP contribution < -0.4 is 20.9 Å². The first-order chi connectivity index (χ1) is 22.1. The standard InChI is InChI=1S/C35H27F3N6O2/c1-20-18-44(19-40-20)27-12-21(11-23(14-27)35(36,37)38)33(45)42-25-6-4-5-24(15-25)41-26-9-10-29-30(34(46)43-32(29)16-26)13-22-17-39-31-8-3-2-7-28(22)31/h2-17,19-20,39,41H,18H2,1H3,(H,42,45)(H,43,46)/b30-13-. The second-order valence-electron chi connectivity index (χ2n) is 11.3. The van der Waals surface area contributed by atoms with Gasteiger partial charge in [0.05, 0.1) is 23.6 Å². The minimum absolute atomic E-state index is 0.0622. The van der Waals surface area contributed by atoms with Gasteiger partial charge in [0.1, 0.15) is 0 Å². The first-order valence-corrected chi connectivity index (χ1v) is 14.5. The molecule has 0 aliphatic carbocycles. The Balaban J connectivity index is 1.09. The summed E-state index contributed by atoms with van der Waals surface area (Å²) in [4.78, 5) is 35.1. The number of aliphatic imine (C=N–C) groups is 1. The van der Waals surface area contributed by atoms with Gasteiger partial charge in [0.2, 0.25) is 0 Å². The SMILES string of the molecule is CC1CN(c2cc(C(=O)Nc3cccc(Nc4ccc5c(c4)NC(=O)/C5=C\c4c[nH]c5ccccc45)c3)cc(C(F)(F)F)c2)C=N1. The molecule has 0 saturated heterocycles. The van der Waals surface area contributed by atoms with E-state index in [0.29, 0.717) is 34.9 Å². The lowest BCUT2D eigenvalue weighted by Crippen LogP contribution is -2.23. The number of aromatic amines is 1. The van der Waals surface area contributed by atoms with Gasteiger partial charge in [0.15, 0.2) is 0 Å². The highest BCUT2D eigenvalue weighted by molar-refractivity contribution is 6.35. The molecule has 4 N–H and O–H groups in total. The number of carbonyl (C=O) groups excluding carboxylic acids is 2. The molecule has 4 aromatic carbocycles. The van der Waals surface area contributed by atoms with Crippen LogP contribution in [0.15, 0.2) is 96.1 Å². The average molecular weight is 621 g/mol. The lowest BCUT2D eigenvalue weighted by atomic mass is 10.0. The van der Waals surface area contributed by atoms with Gasteiger partial charge in [-0.25, -0.2) is 0 Å². The van der Waals surface area contributed by atoms with Crippen LogP contribution in [0, 0.1) is 0 Å². The third-order valence-corrected chi connectivity index (χ3v) is 7.89. The van der Waals surface area contributed by atoms with E-state index in [1.54, 1.807) is 29.2 Å². The molecule has 46 heavy (non-hydrogen) atoms. The van der Waals surface area contributed by atoms with Crippen molar-refractivity contribution in [3.05, 3.63) is 113 Å². The smallest absolute Gasteiger partial charge is 0.361 e. The molecule has 5 aromatic rings. The van der Waals surface area contributed by atoms with Crippen LogP contribution in [-0.4, -0.2) is 35.7 Å². The number of hydrogen-bond acceptors (Lipinski definition) is 5. The average Bonchev–Trinajstić information content (AvgIpc) is 3.73. The molecule has 230 valence electrons. The number of amides is 2. The molecule has 11 heteroatoms. The molecule has 0 spiro atoms. The quantitative estimate of drug-likeness (QED) is 0.145. The maximum absolute atomic E-state index is 13.7. The lowest BCUT2D eigenvalue weighted by Gasteiger charge is -2.19. The summed E-state index contributed by atoms with van der Waals surface area (Å²) in [5, 5.41) is 9.92. The van der Waals surface area contributed by atoms with Crippen molar-refractivity contribution < 1.29 is 22.8 Å². The van der Waals surface area contributed by atoms with Gasteiger partial charge in [-0.1, -0.05) is 30.3 Å². The topological polar surface area (TPSA) is 102 Å². The highest BCUT2D eigenvalue weighted by Crippen LogP contribution is 2.37. The number of H-pyrrole nitrogens is 1. The summed E-state index contributed by atoms with van der Waals surface area (Å²) in [7, 11) is 0. The number of fused-ring (bicyclic) bond motifs is 2. The third-order valence-electron chi connectivity index (χ3n) is 7.89. The van der Waals surface area contributed by atoms with Gasteiger partial charge in [0, 0.05) is 68.7 Å². The Kier molecular flexibility index (Phi) is 7.08. The van der Waals surface area contributed by atoms with Crippen LogP contribution in [0.1, 0.15) is 34.0 Å². The maximum Gasteiger partial charge on any atom is 0.416 e. The van der Waals surface area contributed by atoms with Crippen LogP contribution in [0.5, 0.6) is 0 Å². The van der Waals surface area contributed by atoms with Crippen molar-refractivity contribution in [3.8, 4) is 0 Å². The van der Waals surface area contributed by atoms with Crippen LogP contribution in [0.2, 0.25) is 0 Å². The number of nitrogens with zero attached hydrogens (tertiary/aromatic N) is 2. The van der Waals surface area contributed by atoms with Crippen molar-refractivity contribution in [2.45, 2.75) is 19.1 Å². The van der Waals surface area contributed by atoms with Crippen LogP contribution in [0.3, 0.4) is 0 Å². The van der Waals surface area contributed by atoms with Crippen molar-refractivity contribution >= 4 is 69.1 Å². The Hall–Kier alpha value is -5.84. The molecule has 1 atom stereocenters. The predicted molar refractivity (Wildman–Crippen MR) is 176 cm³/mol. The number of nitrogens with one attached hydrogen (secondary N) is 4. The summed E-state index contributed by atoms with van der Waals surface area (Å²) < 4.78 is 41.1. The molecule has 8 nitrogen and oxygen atoms in total. The lowest BCUT2D eigenvalue weighted by molar-refractivity contribution is -0.137. The first-order valence-electron chi connectivity index (χ1n) is 14.5. The van der Waals surface area contributed by atoms with Crippen molar-refractivity contribution in [1.29, 1.82) is 0 Å². The highest BCUT2D eigenvalue weighted by Gasteiger charge is 2.33. The van der Waals surface area contributed by atoms with E-state index in [1.165, 1.54) is 12.4 Å². The third kappa shape index (κ3) is 5.70. The number of alkyl halides is 3. The van der Waals surface area contributed by atoms with Crippen molar-refractivity contribution in [3.63, 3.8) is 0 Å². The molecule has 0 radical (unpaired) electrons. The zero-order chi connectivity index (χ0) is 32.0. The number of anilines is 5. The minimum atomic E-state index is -4.63. The number of hydrogen-bond donors (Lipinski definition) is 4. The van der Waals surface area contributed by atoms with Crippen LogP contribution >= 0.6 is 0 Å². The molecular formula is C35H27F3N6O2. The van der Waals surface area contributed by atoms with Crippen LogP contribution in [0.4, 0.5) is 41.6 Å². The van der Waals surface area contributed by atoms with E-state index >= 15 is 0 Å². The van der Waals surface area contributed by atoms with Gasteiger partial charge in [-0.15, -0.1) is 0 Å². The summed E-state index contributed by atoms with van der Waals surface area (Å²) in [6.07, 6.45) is 0.604. The van der Waals surface area contributed by atoms with Crippen molar-refractivity contribution in [2.75, 3.05) is 27.4 Å². The monoisotopic (exact) mass is 620 g/mol. The zero-order valence-corrected chi connectivity index (χ0v) is 24.4. The van der Waals surface area contributed by atoms with Crippen molar-refractivity contribution in [1.82, 2.24) is 4.98 Å². The summed E-state index contributed by atoms with van der Waals surface area (Å²) in [5.74, 6) is -0.880. The second kappa shape index (κ2) is 11.3. The van der Waals surface area contributed by atoms with Gasteiger partial charge in [-0.2, -0.15) is 13.2 Å². The Labute approximate surface area is 261 Å². The molecule has 1 aromatic heterocycles. The molecule has 0 saturated carbocycles. The van der Waals surface area contributed by atoms with Gasteiger partial charge >= 0.3 is 6.18 Å². The van der Waals surface area contributed by atoms with Gasteiger partial charge < -0.3 is 25.8 Å². The largest absolute Gasteiger partial charge is 0.416 e. The summed E-state index contributed by atoms with van der Waals surface area (Å²) >= 11 is 0. The van der Waals surface area contributed by atoms with E-state index in [9.17, 15) is 22.8 Å². The number of para-hydroxylation sites is 1. The fourth-order valence-electron chi connectivity index (χ4n) is 5.65. The van der Waals surface area contributed by atoms with E-state index in [4.69, 9.17) is 0 Å². The van der Waals surface area contributed by atoms with E-state index in [0.717, 1.165) is 34.2 Å². The molecule has 3 heterocycles.